The van der Waals surface area contributed by atoms with Gasteiger partial charge in [-0.25, -0.2) is 8.78 Å². The first kappa shape index (κ1) is 11.1. The Balaban J connectivity index is 3.23. The highest BCUT2D eigenvalue weighted by molar-refractivity contribution is 5.29. The summed E-state index contributed by atoms with van der Waals surface area (Å²) < 4.78 is 27.0. The highest BCUT2D eigenvalue weighted by Gasteiger charge is 2.18. The lowest BCUT2D eigenvalue weighted by molar-refractivity contribution is 0.480. The third-order valence-corrected chi connectivity index (χ3v) is 2.42. The highest BCUT2D eigenvalue weighted by Crippen LogP contribution is 2.24. The van der Waals surface area contributed by atoms with Gasteiger partial charge in [0.2, 0.25) is 0 Å². The molecule has 1 aromatic rings. The number of rotatable bonds is 3. The molecule has 0 fully saturated rings. The summed E-state index contributed by atoms with van der Waals surface area (Å²) in [5, 5.41) is 2.90. The fourth-order valence-electron chi connectivity index (χ4n) is 1.55. The Labute approximate surface area is 83.1 Å². The summed E-state index contributed by atoms with van der Waals surface area (Å²) in [6, 6.07) is 2.51. The zero-order valence-corrected chi connectivity index (χ0v) is 8.70. The van der Waals surface area contributed by atoms with Crippen molar-refractivity contribution >= 4 is 0 Å². The molecular weight excluding hydrogens is 184 g/mol. The Hall–Kier alpha value is -0.960. The maximum atomic E-state index is 13.6. The molecule has 1 nitrogen and oxygen atoms in total. The molecule has 0 aliphatic rings. The molecule has 14 heavy (non-hydrogen) atoms. The Bertz CT molecular complexity index is 319. The highest BCUT2D eigenvalue weighted by atomic mass is 19.1. The van der Waals surface area contributed by atoms with E-state index < -0.39 is 11.6 Å². The molecule has 0 radical (unpaired) electrons. The van der Waals surface area contributed by atoms with E-state index in [-0.39, 0.29) is 11.6 Å². The Kier molecular flexibility index (Phi) is 3.58. The monoisotopic (exact) mass is 199 g/mol. The Morgan fingerprint density at radius 1 is 1.36 bits per heavy atom. The predicted octanol–water partition coefficient (Wildman–Crippen LogP) is 2.94. The van der Waals surface area contributed by atoms with Gasteiger partial charge in [0.1, 0.15) is 11.6 Å². The van der Waals surface area contributed by atoms with Crippen LogP contribution in [0.3, 0.4) is 0 Å². The van der Waals surface area contributed by atoms with Gasteiger partial charge in [0.15, 0.2) is 0 Å². The molecule has 0 aliphatic carbocycles. The molecule has 0 spiro atoms. The molecule has 1 atom stereocenters. The number of aryl methyl sites for hydroxylation is 1. The van der Waals surface area contributed by atoms with Gasteiger partial charge in [0.05, 0.1) is 0 Å². The molecule has 0 aromatic heterocycles. The molecule has 0 bridgehead atoms. The standard InChI is InChI=1S/C11H15F2N/c1-4-9(14-3)10-8(12)6-5-7(2)11(10)13/h5-6,9,14H,4H2,1-3H3. The van der Waals surface area contributed by atoms with Gasteiger partial charge in [-0.15, -0.1) is 0 Å². The van der Waals surface area contributed by atoms with Crippen LogP contribution in [0.5, 0.6) is 0 Å². The quantitative estimate of drug-likeness (QED) is 0.789. The van der Waals surface area contributed by atoms with Crippen LogP contribution in [0.1, 0.15) is 30.5 Å². The summed E-state index contributed by atoms with van der Waals surface area (Å²) in [6.07, 6.45) is 0.661. The fourth-order valence-corrected chi connectivity index (χ4v) is 1.55. The zero-order chi connectivity index (χ0) is 10.7. The van der Waals surface area contributed by atoms with Gasteiger partial charge < -0.3 is 5.32 Å². The minimum absolute atomic E-state index is 0.148. The number of benzene rings is 1. The van der Waals surface area contributed by atoms with Crippen molar-refractivity contribution in [1.29, 1.82) is 0 Å². The summed E-state index contributed by atoms with van der Waals surface area (Å²) in [7, 11) is 1.70. The lowest BCUT2D eigenvalue weighted by atomic mass is 10.0. The van der Waals surface area contributed by atoms with Gasteiger partial charge in [0.25, 0.3) is 0 Å². The van der Waals surface area contributed by atoms with E-state index in [0.29, 0.717) is 12.0 Å². The van der Waals surface area contributed by atoms with Crippen molar-refractivity contribution < 1.29 is 8.78 Å². The lowest BCUT2D eigenvalue weighted by Crippen LogP contribution is -2.18. The van der Waals surface area contributed by atoms with E-state index in [9.17, 15) is 8.78 Å². The summed E-state index contributed by atoms with van der Waals surface area (Å²) in [5.74, 6) is -0.916. The van der Waals surface area contributed by atoms with E-state index in [1.165, 1.54) is 12.1 Å². The Morgan fingerprint density at radius 2 is 2.00 bits per heavy atom. The molecule has 0 heterocycles. The number of nitrogens with one attached hydrogen (secondary N) is 1. The van der Waals surface area contributed by atoms with Gasteiger partial charge in [0, 0.05) is 11.6 Å². The zero-order valence-electron chi connectivity index (χ0n) is 8.70. The topological polar surface area (TPSA) is 12.0 Å². The second-order valence-corrected chi connectivity index (χ2v) is 3.34. The lowest BCUT2D eigenvalue weighted by Gasteiger charge is -2.16. The van der Waals surface area contributed by atoms with Crippen molar-refractivity contribution in [3.05, 3.63) is 34.9 Å². The molecule has 3 heteroatoms. The second kappa shape index (κ2) is 4.51. The molecule has 1 unspecified atom stereocenters. The van der Waals surface area contributed by atoms with Crippen LogP contribution in [0.2, 0.25) is 0 Å². The molecule has 0 amide bonds. The average molecular weight is 199 g/mol. The van der Waals surface area contributed by atoms with Crippen LogP contribution >= 0.6 is 0 Å². The van der Waals surface area contributed by atoms with Crippen LogP contribution in [-0.2, 0) is 0 Å². The first-order valence-electron chi connectivity index (χ1n) is 4.73. The molecule has 1 aromatic carbocycles. The van der Waals surface area contributed by atoms with E-state index in [2.05, 4.69) is 5.32 Å². The van der Waals surface area contributed by atoms with E-state index in [1.54, 1.807) is 14.0 Å². The van der Waals surface area contributed by atoms with Crippen molar-refractivity contribution in [3.63, 3.8) is 0 Å². The van der Waals surface area contributed by atoms with E-state index >= 15 is 0 Å². The second-order valence-electron chi connectivity index (χ2n) is 3.34. The summed E-state index contributed by atoms with van der Waals surface area (Å²) >= 11 is 0. The van der Waals surface area contributed by atoms with Crippen molar-refractivity contribution in [2.24, 2.45) is 0 Å². The Morgan fingerprint density at radius 3 is 2.50 bits per heavy atom. The summed E-state index contributed by atoms with van der Waals surface area (Å²) in [5.41, 5.74) is 0.630. The molecule has 78 valence electrons. The van der Waals surface area contributed by atoms with Crippen molar-refractivity contribution in [2.75, 3.05) is 7.05 Å². The maximum Gasteiger partial charge on any atom is 0.133 e. The SMILES string of the molecule is CCC(NC)c1c(F)ccc(C)c1F. The van der Waals surface area contributed by atoms with Crippen LogP contribution in [0, 0.1) is 18.6 Å². The smallest absolute Gasteiger partial charge is 0.133 e. The van der Waals surface area contributed by atoms with Crippen molar-refractivity contribution in [1.82, 2.24) is 5.32 Å². The van der Waals surface area contributed by atoms with Crippen molar-refractivity contribution in [2.45, 2.75) is 26.3 Å². The van der Waals surface area contributed by atoms with Crippen LogP contribution < -0.4 is 5.32 Å². The van der Waals surface area contributed by atoms with Gasteiger partial charge in [-0.1, -0.05) is 13.0 Å². The van der Waals surface area contributed by atoms with Gasteiger partial charge in [-0.3, -0.25) is 0 Å². The van der Waals surface area contributed by atoms with Crippen molar-refractivity contribution in [3.8, 4) is 0 Å². The van der Waals surface area contributed by atoms with Crippen LogP contribution in [0.25, 0.3) is 0 Å². The van der Waals surface area contributed by atoms with Crippen LogP contribution in [-0.4, -0.2) is 7.05 Å². The molecule has 0 saturated heterocycles. The van der Waals surface area contributed by atoms with E-state index in [4.69, 9.17) is 0 Å². The van der Waals surface area contributed by atoms with Gasteiger partial charge >= 0.3 is 0 Å². The summed E-state index contributed by atoms with van der Waals surface area (Å²) in [6.45, 7) is 3.53. The number of hydrogen-bond acceptors (Lipinski definition) is 1. The first-order chi connectivity index (χ1) is 6.61. The molecule has 0 aliphatic heterocycles. The number of hydrogen-bond donors (Lipinski definition) is 1. The predicted molar refractivity (Wildman–Crippen MR) is 53.2 cm³/mol. The van der Waals surface area contributed by atoms with E-state index in [1.807, 2.05) is 6.92 Å². The summed E-state index contributed by atoms with van der Waals surface area (Å²) in [4.78, 5) is 0. The fraction of sp³-hybridized carbons (Fsp3) is 0.455. The third-order valence-electron chi connectivity index (χ3n) is 2.42. The minimum Gasteiger partial charge on any atom is -0.313 e. The average Bonchev–Trinajstić information content (AvgIpc) is 2.19. The minimum atomic E-state index is -0.477. The maximum absolute atomic E-state index is 13.6. The van der Waals surface area contributed by atoms with Crippen LogP contribution in [0.15, 0.2) is 12.1 Å². The van der Waals surface area contributed by atoms with Crippen LogP contribution in [0.4, 0.5) is 8.78 Å². The largest absolute Gasteiger partial charge is 0.313 e. The molecule has 1 rings (SSSR count). The molecule has 1 N–H and O–H groups in total. The van der Waals surface area contributed by atoms with E-state index in [0.717, 1.165) is 0 Å². The van der Waals surface area contributed by atoms with Gasteiger partial charge in [-0.2, -0.15) is 0 Å². The third kappa shape index (κ3) is 1.93. The number of halogens is 2. The first-order valence-corrected chi connectivity index (χ1v) is 4.73. The van der Waals surface area contributed by atoms with Gasteiger partial charge in [-0.05, 0) is 32.0 Å². The molecular formula is C11H15F2N. The normalized spacial score (nSPS) is 12.9. The molecule has 0 saturated carbocycles.